The molecule has 0 atom stereocenters. The third-order valence-corrected chi connectivity index (χ3v) is 1.46. The zero-order chi connectivity index (χ0) is 10.2. The van der Waals surface area contributed by atoms with Gasteiger partial charge in [0.2, 0.25) is 0 Å². The van der Waals surface area contributed by atoms with Gasteiger partial charge in [-0.3, -0.25) is 9.51 Å². The summed E-state index contributed by atoms with van der Waals surface area (Å²) in [6.45, 7) is 1.56. The molecule has 0 unspecified atom stereocenters. The van der Waals surface area contributed by atoms with Crippen LogP contribution in [0.4, 0.5) is 0 Å². The summed E-state index contributed by atoms with van der Waals surface area (Å²) < 4.78 is 13.6. The first kappa shape index (κ1) is 12.3. The summed E-state index contributed by atoms with van der Waals surface area (Å²) in [7, 11) is -4.17. The van der Waals surface area contributed by atoms with Gasteiger partial charge in [-0.05, 0) is 19.1 Å². The molecule has 0 aromatic carbocycles. The standard InChI is InChI=1S/C5H5N.C2H7O4P/c1-2-4-6-5-3-1;1-2-6-7(3,4)5/h1-5H;2H2,1H3,(H2,3,4,5). The molecule has 2 N–H and O–H groups in total. The molecule has 0 saturated heterocycles. The molecular formula is C7H12NO4P. The number of aromatic nitrogens is 1. The molecule has 74 valence electrons. The molecule has 0 amide bonds. The fourth-order valence-electron chi connectivity index (χ4n) is 0.481. The highest BCUT2D eigenvalue weighted by Crippen LogP contribution is 2.34. The van der Waals surface area contributed by atoms with E-state index in [2.05, 4.69) is 9.51 Å². The van der Waals surface area contributed by atoms with Crippen LogP contribution in [0, 0.1) is 0 Å². The first-order valence-electron chi connectivity index (χ1n) is 3.61. The lowest BCUT2D eigenvalue weighted by Crippen LogP contribution is -1.84. The highest BCUT2D eigenvalue weighted by molar-refractivity contribution is 7.46. The van der Waals surface area contributed by atoms with E-state index >= 15 is 0 Å². The quantitative estimate of drug-likeness (QED) is 0.709. The molecule has 0 radical (unpaired) electrons. The number of hydrogen-bond donors (Lipinski definition) is 2. The van der Waals surface area contributed by atoms with Gasteiger partial charge in [0.05, 0.1) is 6.61 Å². The van der Waals surface area contributed by atoms with Crippen LogP contribution in [0.5, 0.6) is 0 Å². The highest BCUT2D eigenvalue weighted by Gasteiger charge is 2.10. The second-order valence-electron chi connectivity index (χ2n) is 1.93. The fraction of sp³-hybridized carbons (Fsp3) is 0.286. The van der Waals surface area contributed by atoms with Crippen molar-refractivity contribution in [2.24, 2.45) is 0 Å². The van der Waals surface area contributed by atoms with Crippen LogP contribution in [-0.4, -0.2) is 21.4 Å². The Balaban J connectivity index is 0.000000223. The molecule has 1 aromatic heterocycles. The fourth-order valence-corrected chi connectivity index (χ4v) is 0.817. The number of rotatable bonds is 2. The average Bonchev–Trinajstić information content (AvgIpc) is 2.06. The van der Waals surface area contributed by atoms with Crippen molar-refractivity contribution >= 4 is 7.82 Å². The molecule has 0 bridgehead atoms. The van der Waals surface area contributed by atoms with E-state index in [1.54, 1.807) is 12.4 Å². The van der Waals surface area contributed by atoms with Gasteiger partial charge in [-0.25, -0.2) is 4.57 Å². The Hall–Kier alpha value is -0.740. The molecular weight excluding hydrogens is 193 g/mol. The van der Waals surface area contributed by atoms with E-state index in [-0.39, 0.29) is 6.61 Å². The van der Waals surface area contributed by atoms with Crippen LogP contribution < -0.4 is 0 Å². The second kappa shape index (κ2) is 6.74. The minimum absolute atomic E-state index is 0.0459. The molecule has 1 aromatic rings. The number of phosphoric acid groups is 1. The van der Waals surface area contributed by atoms with Gasteiger partial charge in [-0.1, -0.05) is 6.07 Å². The van der Waals surface area contributed by atoms with Crippen molar-refractivity contribution in [3.63, 3.8) is 0 Å². The lowest BCUT2D eigenvalue weighted by Gasteiger charge is -1.98. The molecule has 6 heteroatoms. The molecule has 0 spiro atoms. The smallest absolute Gasteiger partial charge is 0.303 e. The van der Waals surface area contributed by atoms with Crippen LogP contribution in [0.25, 0.3) is 0 Å². The van der Waals surface area contributed by atoms with Gasteiger partial charge >= 0.3 is 7.82 Å². The maximum absolute atomic E-state index is 9.70. The van der Waals surface area contributed by atoms with Gasteiger partial charge in [0.25, 0.3) is 0 Å². The Bertz CT molecular complexity index is 221. The first-order chi connectivity index (χ1) is 6.06. The van der Waals surface area contributed by atoms with E-state index in [0.29, 0.717) is 0 Å². The number of phosphoric ester groups is 1. The Kier molecular flexibility index (Phi) is 6.36. The Morgan fingerprint density at radius 2 is 1.85 bits per heavy atom. The van der Waals surface area contributed by atoms with Crippen molar-refractivity contribution in [3.05, 3.63) is 30.6 Å². The lowest BCUT2D eigenvalue weighted by molar-refractivity contribution is 0.206. The summed E-state index contributed by atoms with van der Waals surface area (Å²) >= 11 is 0. The molecule has 5 nitrogen and oxygen atoms in total. The SMILES string of the molecule is CCOP(=O)(O)O.c1ccncc1. The van der Waals surface area contributed by atoms with Crippen LogP contribution in [0.2, 0.25) is 0 Å². The monoisotopic (exact) mass is 205 g/mol. The van der Waals surface area contributed by atoms with Gasteiger partial charge in [0.15, 0.2) is 0 Å². The maximum Gasteiger partial charge on any atom is 0.469 e. The maximum atomic E-state index is 9.70. The van der Waals surface area contributed by atoms with Crippen molar-refractivity contribution in [2.75, 3.05) is 6.61 Å². The van der Waals surface area contributed by atoms with Crippen LogP contribution in [0.15, 0.2) is 30.6 Å². The van der Waals surface area contributed by atoms with Gasteiger partial charge < -0.3 is 9.79 Å². The van der Waals surface area contributed by atoms with E-state index < -0.39 is 7.82 Å². The summed E-state index contributed by atoms with van der Waals surface area (Å²) in [5.41, 5.74) is 0. The third-order valence-electron chi connectivity index (χ3n) is 0.864. The molecule has 1 rings (SSSR count). The van der Waals surface area contributed by atoms with E-state index in [1.807, 2.05) is 18.2 Å². The summed E-state index contributed by atoms with van der Waals surface area (Å²) in [6, 6.07) is 5.72. The summed E-state index contributed by atoms with van der Waals surface area (Å²) in [6.07, 6.45) is 3.50. The largest absolute Gasteiger partial charge is 0.469 e. The number of hydrogen-bond acceptors (Lipinski definition) is 3. The normalized spacial score (nSPS) is 10.1. The number of nitrogens with zero attached hydrogens (tertiary/aromatic N) is 1. The summed E-state index contributed by atoms with van der Waals surface area (Å²) in [4.78, 5) is 19.6. The predicted octanol–water partition coefficient (Wildman–Crippen LogP) is 1.20. The highest BCUT2D eigenvalue weighted by atomic mass is 31.2. The molecule has 0 fully saturated rings. The topological polar surface area (TPSA) is 79.7 Å². The molecule has 0 aliphatic rings. The number of pyridine rings is 1. The van der Waals surface area contributed by atoms with Crippen molar-refractivity contribution in [1.29, 1.82) is 0 Å². The van der Waals surface area contributed by atoms with Gasteiger partial charge in [0.1, 0.15) is 0 Å². The zero-order valence-corrected chi connectivity index (χ0v) is 8.09. The van der Waals surface area contributed by atoms with Crippen LogP contribution in [-0.2, 0) is 9.09 Å². The Morgan fingerprint density at radius 1 is 1.31 bits per heavy atom. The van der Waals surface area contributed by atoms with Gasteiger partial charge in [-0.15, -0.1) is 0 Å². The lowest BCUT2D eigenvalue weighted by atomic mass is 10.5. The van der Waals surface area contributed by atoms with Crippen molar-refractivity contribution in [1.82, 2.24) is 4.98 Å². The van der Waals surface area contributed by atoms with Crippen LogP contribution in [0.1, 0.15) is 6.92 Å². The van der Waals surface area contributed by atoms with Crippen molar-refractivity contribution in [3.8, 4) is 0 Å². The van der Waals surface area contributed by atoms with Crippen LogP contribution in [0.3, 0.4) is 0 Å². The third kappa shape index (κ3) is 11.3. The summed E-state index contributed by atoms with van der Waals surface area (Å²) in [5.74, 6) is 0. The second-order valence-corrected chi connectivity index (χ2v) is 3.17. The molecule has 0 aliphatic carbocycles. The molecule has 13 heavy (non-hydrogen) atoms. The van der Waals surface area contributed by atoms with Gasteiger partial charge in [0, 0.05) is 12.4 Å². The molecule has 1 heterocycles. The Labute approximate surface area is 76.6 Å². The van der Waals surface area contributed by atoms with E-state index in [0.717, 1.165) is 0 Å². The van der Waals surface area contributed by atoms with Gasteiger partial charge in [-0.2, -0.15) is 0 Å². The molecule has 0 saturated carbocycles. The van der Waals surface area contributed by atoms with Crippen molar-refractivity contribution < 1.29 is 18.9 Å². The van der Waals surface area contributed by atoms with E-state index in [9.17, 15) is 4.57 Å². The first-order valence-corrected chi connectivity index (χ1v) is 5.14. The van der Waals surface area contributed by atoms with E-state index in [4.69, 9.17) is 9.79 Å². The van der Waals surface area contributed by atoms with E-state index in [1.165, 1.54) is 6.92 Å². The van der Waals surface area contributed by atoms with Crippen molar-refractivity contribution in [2.45, 2.75) is 6.92 Å². The minimum Gasteiger partial charge on any atom is -0.303 e. The molecule has 0 aliphatic heterocycles. The Morgan fingerprint density at radius 3 is 1.92 bits per heavy atom. The predicted molar refractivity (Wildman–Crippen MR) is 47.9 cm³/mol. The minimum atomic E-state index is -4.17. The summed E-state index contributed by atoms with van der Waals surface area (Å²) in [5, 5.41) is 0. The van der Waals surface area contributed by atoms with Crippen LogP contribution >= 0.6 is 7.82 Å². The average molecular weight is 205 g/mol. The zero-order valence-electron chi connectivity index (χ0n) is 7.20.